The molecule has 0 aromatic heterocycles. The number of ether oxygens (including phenoxy) is 1. The summed E-state index contributed by atoms with van der Waals surface area (Å²) in [6.45, 7) is 12.0. The quantitative estimate of drug-likeness (QED) is 0.837. The summed E-state index contributed by atoms with van der Waals surface area (Å²) in [4.78, 5) is 0. The second-order valence-corrected chi connectivity index (χ2v) is 6.18. The van der Waals surface area contributed by atoms with E-state index in [1.807, 2.05) is 0 Å². The first-order valence-corrected chi connectivity index (χ1v) is 6.73. The molecule has 0 aliphatic rings. The largest absolute Gasteiger partial charge is 0.382 e. The van der Waals surface area contributed by atoms with Gasteiger partial charge in [-0.3, -0.25) is 0 Å². The van der Waals surface area contributed by atoms with Crippen LogP contribution in [0.2, 0.25) is 0 Å². The third-order valence-electron chi connectivity index (χ3n) is 2.37. The zero-order valence-corrected chi connectivity index (χ0v) is 12.9. The van der Waals surface area contributed by atoms with Crippen molar-refractivity contribution in [2.24, 2.45) is 0 Å². The highest BCUT2D eigenvalue weighted by Gasteiger charge is 2.09. The van der Waals surface area contributed by atoms with E-state index in [1.165, 1.54) is 11.1 Å². The van der Waals surface area contributed by atoms with Crippen LogP contribution in [0.5, 0.6) is 0 Å². The first-order chi connectivity index (χ1) is 7.79. The Kier molecular flexibility index (Phi) is 5.02. The Morgan fingerprint density at radius 3 is 2.41 bits per heavy atom. The average molecular weight is 300 g/mol. The molecule has 0 fully saturated rings. The van der Waals surface area contributed by atoms with Crippen LogP contribution in [0.15, 0.2) is 16.6 Å². The maximum absolute atomic E-state index is 5.68. The van der Waals surface area contributed by atoms with Crippen molar-refractivity contribution in [3.8, 4) is 0 Å². The van der Waals surface area contributed by atoms with E-state index in [2.05, 4.69) is 68.0 Å². The van der Waals surface area contributed by atoms with Gasteiger partial charge in [0.05, 0.1) is 17.9 Å². The Morgan fingerprint density at radius 1 is 1.24 bits per heavy atom. The van der Waals surface area contributed by atoms with Crippen molar-refractivity contribution in [2.45, 2.75) is 40.2 Å². The standard InChI is InChI=1S/C14H22BrNO/c1-10-8-11(2)13(12(15)9-10)16-6-7-17-14(3,4)5/h8-9,16H,6-7H2,1-5H3. The second-order valence-electron chi connectivity index (χ2n) is 5.33. The predicted octanol–water partition coefficient (Wildman–Crippen LogP) is 4.29. The zero-order chi connectivity index (χ0) is 13.1. The third-order valence-corrected chi connectivity index (χ3v) is 3.00. The van der Waals surface area contributed by atoms with Gasteiger partial charge in [0.2, 0.25) is 0 Å². The fourth-order valence-electron chi connectivity index (χ4n) is 1.67. The third kappa shape index (κ3) is 5.09. The van der Waals surface area contributed by atoms with Crippen LogP contribution >= 0.6 is 15.9 Å². The maximum Gasteiger partial charge on any atom is 0.0646 e. The Labute approximate surface area is 113 Å². The van der Waals surface area contributed by atoms with Crippen molar-refractivity contribution in [2.75, 3.05) is 18.5 Å². The summed E-state index contributed by atoms with van der Waals surface area (Å²) < 4.78 is 6.79. The van der Waals surface area contributed by atoms with Gasteiger partial charge >= 0.3 is 0 Å². The molecule has 1 N–H and O–H groups in total. The molecule has 96 valence electrons. The van der Waals surface area contributed by atoms with Gasteiger partial charge < -0.3 is 10.1 Å². The lowest BCUT2D eigenvalue weighted by molar-refractivity contribution is 0.00333. The molecular weight excluding hydrogens is 278 g/mol. The van der Waals surface area contributed by atoms with Crippen LogP contribution in [0.4, 0.5) is 5.69 Å². The van der Waals surface area contributed by atoms with Crippen molar-refractivity contribution in [3.05, 3.63) is 27.7 Å². The van der Waals surface area contributed by atoms with Gasteiger partial charge in [0.15, 0.2) is 0 Å². The summed E-state index contributed by atoms with van der Waals surface area (Å²) in [5.74, 6) is 0. The first kappa shape index (κ1) is 14.5. The van der Waals surface area contributed by atoms with Crippen LogP contribution in [0.1, 0.15) is 31.9 Å². The molecule has 0 heterocycles. The Bertz CT molecular complexity index is 359. The lowest BCUT2D eigenvalue weighted by Crippen LogP contribution is -2.23. The van der Waals surface area contributed by atoms with Gasteiger partial charge in [0.25, 0.3) is 0 Å². The fraction of sp³-hybridized carbons (Fsp3) is 0.571. The normalized spacial score (nSPS) is 11.6. The van der Waals surface area contributed by atoms with E-state index in [0.717, 1.165) is 16.7 Å². The Morgan fingerprint density at radius 2 is 1.88 bits per heavy atom. The van der Waals surface area contributed by atoms with Crippen molar-refractivity contribution in [3.63, 3.8) is 0 Å². The summed E-state index contributed by atoms with van der Waals surface area (Å²) in [5, 5.41) is 3.41. The van der Waals surface area contributed by atoms with E-state index < -0.39 is 0 Å². The number of halogens is 1. The van der Waals surface area contributed by atoms with Gasteiger partial charge in [0, 0.05) is 11.0 Å². The lowest BCUT2D eigenvalue weighted by Gasteiger charge is -2.20. The highest BCUT2D eigenvalue weighted by molar-refractivity contribution is 9.10. The van der Waals surface area contributed by atoms with Crippen LogP contribution in [0.25, 0.3) is 0 Å². The number of aryl methyl sites for hydroxylation is 2. The number of rotatable bonds is 4. The van der Waals surface area contributed by atoms with Gasteiger partial charge in [0.1, 0.15) is 0 Å². The molecule has 0 aliphatic carbocycles. The lowest BCUT2D eigenvalue weighted by atomic mass is 10.1. The highest BCUT2D eigenvalue weighted by atomic mass is 79.9. The molecule has 0 saturated heterocycles. The molecule has 2 nitrogen and oxygen atoms in total. The summed E-state index contributed by atoms with van der Waals surface area (Å²) in [5.41, 5.74) is 3.62. The smallest absolute Gasteiger partial charge is 0.0646 e. The Hall–Kier alpha value is -0.540. The molecule has 0 unspecified atom stereocenters. The monoisotopic (exact) mass is 299 g/mol. The molecule has 0 atom stereocenters. The number of nitrogens with one attached hydrogen (secondary N) is 1. The van der Waals surface area contributed by atoms with Gasteiger partial charge in [-0.1, -0.05) is 6.07 Å². The molecule has 17 heavy (non-hydrogen) atoms. The summed E-state index contributed by atoms with van der Waals surface area (Å²) >= 11 is 3.59. The molecule has 0 amide bonds. The van der Waals surface area contributed by atoms with Crippen LogP contribution in [-0.4, -0.2) is 18.8 Å². The zero-order valence-electron chi connectivity index (χ0n) is 11.4. The molecule has 3 heteroatoms. The van der Waals surface area contributed by atoms with E-state index in [0.29, 0.717) is 6.61 Å². The topological polar surface area (TPSA) is 21.3 Å². The Balaban J connectivity index is 2.53. The minimum atomic E-state index is -0.0682. The number of hydrogen-bond acceptors (Lipinski definition) is 2. The van der Waals surface area contributed by atoms with Crippen LogP contribution in [0.3, 0.4) is 0 Å². The van der Waals surface area contributed by atoms with E-state index in [9.17, 15) is 0 Å². The number of benzene rings is 1. The maximum atomic E-state index is 5.68. The van der Waals surface area contributed by atoms with Gasteiger partial charge in [-0.25, -0.2) is 0 Å². The molecule has 0 radical (unpaired) electrons. The van der Waals surface area contributed by atoms with Gasteiger partial charge in [-0.05, 0) is 67.7 Å². The predicted molar refractivity (Wildman–Crippen MR) is 77.8 cm³/mol. The second kappa shape index (κ2) is 5.87. The summed E-state index contributed by atoms with van der Waals surface area (Å²) in [6.07, 6.45) is 0. The number of anilines is 1. The van der Waals surface area contributed by atoms with Gasteiger partial charge in [-0.2, -0.15) is 0 Å². The van der Waals surface area contributed by atoms with Crippen molar-refractivity contribution in [1.29, 1.82) is 0 Å². The van der Waals surface area contributed by atoms with E-state index in [-0.39, 0.29) is 5.60 Å². The molecule has 0 bridgehead atoms. The fourth-order valence-corrected chi connectivity index (χ4v) is 2.49. The van der Waals surface area contributed by atoms with E-state index in [1.54, 1.807) is 0 Å². The average Bonchev–Trinajstić information content (AvgIpc) is 2.13. The number of hydrogen-bond donors (Lipinski definition) is 1. The summed E-state index contributed by atoms with van der Waals surface area (Å²) in [6, 6.07) is 4.30. The molecule has 0 aliphatic heterocycles. The van der Waals surface area contributed by atoms with Crippen molar-refractivity contribution >= 4 is 21.6 Å². The molecular formula is C14H22BrNO. The summed E-state index contributed by atoms with van der Waals surface area (Å²) in [7, 11) is 0. The van der Waals surface area contributed by atoms with E-state index >= 15 is 0 Å². The SMILES string of the molecule is Cc1cc(C)c(NCCOC(C)(C)C)c(Br)c1. The minimum Gasteiger partial charge on any atom is -0.382 e. The molecule has 1 rings (SSSR count). The highest BCUT2D eigenvalue weighted by Crippen LogP contribution is 2.27. The van der Waals surface area contributed by atoms with Crippen LogP contribution in [0, 0.1) is 13.8 Å². The molecule has 0 saturated carbocycles. The first-order valence-electron chi connectivity index (χ1n) is 5.94. The molecule has 0 spiro atoms. The van der Waals surface area contributed by atoms with Crippen molar-refractivity contribution in [1.82, 2.24) is 0 Å². The molecule has 1 aromatic carbocycles. The van der Waals surface area contributed by atoms with Crippen LogP contribution < -0.4 is 5.32 Å². The van der Waals surface area contributed by atoms with E-state index in [4.69, 9.17) is 4.74 Å². The minimum absolute atomic E-state index is 0.0682. The van der Waals surface area contributed by atoms with Gasteiger partial charge in [-0.15, -0.1) is 0 Å². The molecule has 1 aromatic rings. The van der Waals surface area contributed by atoms with Crippen LogP contribution in [-0.2, 0) is 4.74 Å². The van der Waals surface area contributed by atoms with Crippen molar-refractivity contribution < 1.29 is 4.74 Å².